The van der Waals surface area contributed by atoms with Gasteiger partial charge in [-0.2, -0.15) is 0 Å². The minimum Gasteiger partial charge on any atom is -0.394 e. The second-order valence-corrected chi connectivity index (χ2v) is 12.2. The summed E-state index contributed by atoms with van der Waals surface area (Å²) in [6.45, 7) is 13.5. The van der Waals surface area contributed by atoms with E-state index in [0.717, 1.165) is 0 Å². The van der Waals surface area contributed by atoms with Crippen molar-refractivity contribution < 1.29 is 14.0 Å². The van der Waals surface area contributed by atoms with Gasteiger partial charge in [-0.3, -0.25) is 0 Å². The van der Waals surface area contributed by atoms with Gasteiger partial charge in [0.25, 0.3) is 0 Å². The highest BCUT2D eigenvalue weighted by Crippen LogP contribution is 2.54. The fourth-order valence-corrected chi connectivity index (χ4v) is 8.12. The van der Waals surface area contributed by atoms with Gasteiger partial charge < -0.3 is 14.0 Å². The van der Waals surface area contributed by atoms with Crippen LogP contribution in [0.5, 0.6) is 0 Å². The SMILES string of the molecule is CC(C)(C)[Si]1(C(C)(C)C)OC[C@H](CN=[N+]=[N-])[C@@H](CO)O1. The molecule has 116 valence electrons. The molecule has 20 heavy (non-hydrogen) atoms. The molecule has 2 atom stereocenters. The smallest absolute Gasteiger partial charge is 0.349 e. The monoisotopic (exact) mass is 301 g/mol. The molecule has 0 aromatic carbocycles. The highest BCUT2D eigenvalue weighted by atomic mass is 28.4. The normalized spacial score (nSPS) is 26.9. The molecule has 0 aromatic heterocycles. The third-order valence-corrected chi connectivity index (χ3v) is 9.04. The molecule has 1 heterocycles. The predicted octanol–water partition coefficient (Wildman–Crippen LogP) is 3.36. The summed E-state index contributed by atoms with van der Waals surface area (Å²) >= 11 is 0. The van der Waals surface area contributed by atoms with Gasteiger partial charge in [0.2, 0.25) is 0 Å². The van der Waals surface area contributed by atoms with E-state index in [1.54, 1.807) is 0 Å². The second kappa shape index (κ2) is 6.03. The Morgan fingerprint density at radius 3 is 2.20 bits per heavy atom. The van der Waals surface area contributed by atoms with Crippen molar-refractivity contribution in [3.63, 3.8) is 0 Å². The fourth-order valence-electron chi connectivity index (χ4n) is 3.08. The Kier molecular flexibility index (Phi) is 5.27. The summed E-state index contributed by atoms with van der Waals surface area (Å²) in [7, 11) is -2.55. The topological polar surface area (TPSA) is 87.5 Å². The fraction of sp³-hybridized carbons (Fsp3) is 1.00. The zero-order valence-electron chi connectivity index (χ0n) is 13.4. The summed E-state index contributed by atoms with van der Waals surface area (Å²) < 4.78 is 12.6. The lowest BCUT2D eigenvalue weighted by Crippen LogP contribution is -2.64. The molecule has 7 heteroatoms. The summed E-state index contributed by atoms with van der Waals surface area (Å²) in [5, 5.41) is 13.0. The Morgan fingerprint density at radius 2 is 1.80 bits per heavy atom. The first kappa shape index (κ1) is 17.5. The Morgan fingerprint density at radius 1 is 1.25 bits per heavy atom. The number of hydrogen-bond donors (Lipinski definition) is 1. The molecule has 0 bridgehead atoms. The number of hydrogen-bond acceptors (Lipinski definition) is 4. The van der Waals surface area contributed by atoms with E-state index in [1.165, 1.54) is 0 Å². The van der Waals surface area contributed by atoms with Crippen molar-refractivity contribution in [3.8, 4) is 0 Å². The van der Waals surface area contributed by atoms with Gasteiger partial charge in [-0.25, -0.2) is 0 Å². The number of aliphatic hydroxyl groups is 1. The average Bonchev–Trinajstić information content (AvgIpc) is 2.33. The largest absolute Gasteiger partial charge is 0.394 e. The van der Waals surface area contributed by atoms with Crippen molar-refractivity contribution in [3.05, 3.63) is 10.4 Å². The Hall–Kier alpha value is -0.593. The lowest BCUT2D eigenvalue weighted by molar-refractivity contribution is -0.0453. The molecule has 0 amide bonds. The maximum absolute atomic E-state index is 9.63. The van der Waals surface area contributed by atoms with Gasteiger partial charge in [0, 0.05) is 34.1 Å². The standard InChI is InChI=1S/C13H27N3O3Si/c1-12(2,3)20(13(4,5)6)18-9-10(7-15-16-14)11(8-17)19-20/h10-11,17H,7-9H2,1-6H3/t10-,11+/m0/s1. The van der Waals surface area contributed by atoms with Crippen LogP contribution < -0.4 is 0 Å². The molecule has 1 aliphatic heterocycles. The maximum Gasteiger partial charge on any atom is 0.349 e. The molecular weight excluding hydrogens is 274 g/mol. The van der Waals surface area contributed by atoms with Crippen molar-refractivity contribution in [2.75, 3.05) is 19.8 Å². The molecule has 0 unspecified atom stereocenters. The average molecular weight is 301 g/mol. The Labute approximate surface area is 122 Å². The molecule has 1 N–H and O–H groups in total. The van der Waals surface area contributed by atoms with Crippen LogP contribution in [0.25, 0.3) is 10.4 Å². The van der Waals surface area contributed by atoms with Crippen molar-refractivity contribution >= 4 is 8.56 Å². The van der Waals surface area contributed by atoms with Gasteiger partial charge in [-0.1, -0.05) is 46.7 Å². The van der Waals surface area contributed by atoms with Crippen molar-refractivity contribution in [1.82, 2.24) is 0 Å². The van der Waals surface area contributed by atoms with Gasteiger partial charge >= 0.3 is 8.56 Å². The predicted molar refractivity (Wildman–Crippen MR) is 80.6 cm³/mol. The number of rotatable bonds is 3. The molecule has 0 saturated carbocycles. The summed E-state index contributed by atoms with van der Waals surface area (Å²) in [5.41, 5.74) is 8.44. The summed E-state index contributed by atoms with van der Waals surface area (Å²) in [6, 6.07) is 0. The molecule has 1 saturated heterocycles. The van der Waals surface area contributed by atoms with E-state index in [0.29, 0.717) is 13.2 Å². The van der Waals surface area contributed by atoms with E-state index >= 15 is 0 Å². The van der Waals surface area contributed by atoms with Gasteiger partial charge in [-0.15, -0.1) is 0 Å². The van der Waals surface area contributed by atoms with Gasteiger partial charge in [0.05, 0.1) is 12.7 Å². The maximum atomic E-state index is 9.63. The number of azide groups is 1. The minimum atomic E-state index is -2.55. The second-order valence-electron chi connectivity index (χ2n) is 7.44. The van der Waals surface area contributed by atoms with Crippen LogP contribution in [0, 0.1) is 5.92 Å². The van der Waals surface area contributed by atoms with Gasteiger partial charge in [0.1, 0.15) is 0 Å². The first-order valence-electron chi connectivity index (χ1n) is 7.02. The van der Waals surface area contributed by atoms with Crippen LogP contribution in [0.3, 0.4) is 0 Å². The van der Waals surface area contributed by atoms with Crippen LogP contribution in [0.15, 0.2) is 5.11 Å². The Balaban J connectivity index is 3.06. The quantitative estimate of drug-likeness (QED) is 0.375. The highest BCUT2D eigenvalue weighted by Gasteiger charge is 2.61. The highest BCUT2D eigenvalue weighted by molar-refractivity contribution is 6.73. The van der Waals surface area contributed by atoms with Crippen molar-refractivity contribution in [2.45, 2.75) is 57.7 Å². The molecule has 1 fully saturated rings. The van der Waals surface area contributed by atoms with Crippen LogP contribution >= 0.6 is 0 Å². The lowest BCUT2D eigenvalue weighted by atomic mass is 10.1. The van der Waals surface area contributed by atoms with Crippen molar-refractivity contribution in [1.29, 1.82) is 0 Å². The first-order valence-corrected chi connectivity index (χ1v) is 8.84. The van der Waals surface area contributed by atoms with Crippen LogP contribution in [-0.2, 0) is 8.85 Å². The first-order chi connectivity index (χ1) is 9.09. The summed E-state index contributed by atoms with van der Waals surface area (Å²) in [6.07, 6.45) is -0.320. The molecule has 0 radical (unpaired) electrons. The van der Waals surface area contributed by atoms with Crippen LogP contribution in [0.1, 0.15) is 41.5 Å². The molecule has 0 spiro atoms. The van der Waals surface area contributed by atoms with E-state index in [9.17, 15) is 5.11 Å². The summed E-state index contributed by atoms with van der Waals surface area (Å²) in [5.74, 6) is -0.0822. The number of nitrogens with zero attached hydrogens (tertiary/aromatic N) is 3. The van der Waals surface area contributed by atoms with Crippen LogP contribution in [-0.4, -0.2) is 39.5 Å². The van der Waals surface area contributed by atoms with Gasteiger partial charge in [0.15, 0.2) is 0 Å². The van der Waals surface area contributed by atoms with Crippen LogP contribution in [0.4, 0.5) is 0 Å². The molecule has 1 rings (SSSR count). The molecule has 0 aromatic rings. The third kappa shape index (κ3) is 3.18. The molecule has 0 aliphatic carbocycles. The van der Waals surface area contributed by atoms with E-state index in [2.05, 4.69) is 51.6 Å². The zero-order chi connectivity index (χ0) is 15.6. The number of aliphatic hydroxyl groups excluding tert-OH is 1. The lowest BCUT2D eigenvalue weighted by Gasteiger charge is -2.54. The minimum absolute atomic E-state index is 0.0735. The van der Waals surface area contributed by atoms with E-state index in [4.69, 9.17) is 14.4 Å². The molecule has 1 aliphatic rings. The van der Waals surface area contributed by atoms with Crippen LogP contribution in [0.2, 0.25) is 10.1 Å². The van der Waals surface area contributed by atoms with E-state index in [-0.39, 0.29) is 28.7 Å². The van der Waals surface area contributed by atoms with Gasteiger partial charge in [-0.05, 0) is 5.53 Å². The Bertz CT molecular complexity index is 369. The molecule has 6 nitrogen and oxygen atoms in total. The summed E-state index contributed by atoms with van der Waals surface area (Å²) in [4.78, 5) is 2.78. The third-order valence-electron chi connectivity index (χ3n) is 3.88. The zero-order valence-corrected chi connectivity index (χ0v) is 14.4. The van der Waals surface area contributed by atoms with Crippen molar-refractivity contribution in [2.24, 2.45) is 11.0 Å². The van der Waals surface area contributed by atoms with E-state index in [1.807, 2.05) is 0 Å². The molecular formula is C13H27N3O3Si. The van der Waals surface area contributed by atoms with E-state index < -0.39 is 8.56 Å².